The Hall–Kier alpha value is -4.14. The van der Waals surface area contributed by atoms with Gasteiger partial charge in [-0.1, -0.05) is 30.3 Å². The maximum atomic E-state index is 13.6. The van der Waals surface area contributed by atoms with Crippen LogP contribution in [-0.4, -0.2) is 42.1 Å². The third kappa shape index (κ3) is 4.24. The van der Waals surface area contributed by atoms with E-state index in [0.29, 0.717) is 16.5 Å². The molecule has 3 aromatic carbocycles. The Morgan fingerprint density at radius 1 is 0.941 bits per heavy atom. The molecule has 4 rings (SSSR count). The van der Waals surface area contributed by atoms with Gasteiger partial charge in [0.25, 0.3) is 11.8 Å². The molecule has 174 valence electrons. The van der Waals surface area contributed by atoms with Gasteiger partial charge < -0.3 is 10.6 Å². The first-order valence-corrected chi connectivity index (χ1v) is 10.7. The average Bonchev–Trinajstić information content (AvgIpc) is 2.84. The number of hydrogen-bond acceptors (Lipinski definition) is 4. The Balaban J connectivity index is 1.43. The van der Waals surface area contributed by atoms with Crippen LogP contribution in [-0.2, 0) is 9.59 Å². The van der Waals surface area contributed by atoms with Crippen LogP contribution < -0.4 is 10.6 Å². The van der Waals surface area contributed by atoms with E-state index in [0.717, 1.165) is 22.4 Å². The van der Waals surface area contributed by atoms with Crippen molar-refractivity contribution >= 4 is 34.4 Å². The lowest BCUT2D eigenvalue weighted by Crippen LogP contribution is -2.42. The molecular weight excluding hydrogens is 444 g/mol. The zero-order valence-electron chi connectivity index (χ0n) is 18.2. The molecule has 9 heteroatoms. The predicted octanol–water partition coefficient (Wildman–Crippen LogP) is 3.10. The highest BCUT2D eigenvalue weighted by molar-refractivity contribution is 6.25. The second kappa shape index (κ2) is 9.38. The molecule has 0 aromatic heterocycles. The third-order valence-electron chi connectivity index (χ3n) is 5.73. The summed E-state index contributed by atoms with van der Waals surface area (Å²) in [5, 5.41) is 6.29. The molecule has 0 saturated heterocycles. The van der Waals surface area contributed by atoms with Crippen LogP contribution in [0.4, 0.5) is 8.78 Å². The first-order valence-electron chi connectivity index (χ1n) is 10.7. The largest absolute Gasteiger partial charge is 0.357 e. The summed E-state index contributed by atoms with van der Waals surface area (Å²) in [4.78, 5) is 51.7. The number of carbonyl (C=O) groups is 4. The van der Waals surface area contributed by atoms with Crippen LogP contribution >= 0.6 is 0 Å². The normalized spacial score (nSPS) is 13.7. The molecule has 0 fully saturated rings. The van der Waals surface area contributed by atoms with Crippen molar-refractivity contribution in [2.75, 3.05) is 13.6 Å². The number of hydrogen-bond donors (Lipinski definition) is 2. The van der Waals surface area contributed by atoms with Gasteiger partial charge in [-0.2, -0.15) is 0 Å². The van der Waals surface area contributed by atoms with Gasteiger partial charge in [0.15, 0.2) is 11.6 Å². The highest BCUT2D eigenvalue weighted by atomic mass is 19.2. The number of benzene rings is 3. The second-order valence-corrected chi connectivity index (χ2v) is 7.86. The number of likely N-dealkylation sites (N-methyl/N-ethyl adjacent to an activating group) is 1. The fourth-order valence-electron chi connectivity index (χ4n) is 4.05. The summed E-state index contributed by atoms with van der Waals surface area (Å²) in [6.07, 6.45) is 0.0553. The highest BCUT2D eigenvalue weighted by Crippen LogP contribution is 2.30. The van der Waals surface area contributed by atoms with Crippen LogP contribution in [0.3, 0.4) is 0 Å². The van der Waals surface area contributed by atoms with Crippen LogP contribution in [0.5, 0.6) is 0 Å². The first-order chi connectivity index (χ1) is 16.3. The molecule has 2 N–H and O–H groups in total. The van der Waals surface area contributed by atoms with E-state index in [1.165, 1.54) is 13.1 Å². The van der Waals surface area contributed by atoms with E-state index >= 15 is 0 Å². The van der Waals surface area contributed by atoms with Crippen molar-refractivity contribution in [3.05, 3.63) is 82.9 Å². The van der Waals surface area contributed by atoms with Gasteiger partial charge in [-0.25, -0.2) is 8.78 Å². The summed E-state index contributed by atoms with van der Waals surface area (Å²) in [5.74, 6) is -4.22. The SMILES string of the molecule is CNC(=O)C(NC(=O)CCCN1C(=O)c2cccc3cccc(c23)C1=O)c1ccc(F)c(F)c1. The van der Waals surface area contributed by atoms with Crippen molar-refractivity contribution in [1.29, 1.82) is 0 Å². The van der Waals surface area contributed by atoms with Crippen LogP contribution in [0.2, 0.25) is 0 Å². The number of rotatable bonds is 7. The minimum Gasteiger partial charge on any atom is -0.357 e. The minimum atomic E-state index is -1.23. The highest BCUT2D eigenvalue weighted by Gasteiger charge is 2.32. The lowest BCUT2D eigenvalue weighted by molar-refractivity contribution is -0.129. The molecule has 0 aliphatic carbocycles. The van der Waals surface area contributed by atoms with Gasteiger partial charge in [0, 0.05) is 36.5 Å². The number of nitrogens with zero attached hydrogens (tertiary/aromatic N) is 1. The molecule has 1 unspecified atom stereocenters. The van der Waals surface area contributed by atoms with Crippen LogP contribution in [0.1, 0.15) is 45.2 Å². The Labute approximate surface area is 193 Å². The van der Waals surface area contributed by atoms with E-state index in [-0.39, 0.29) is 24.9 Å². The monoisotopic (exact) mass is 465 g/mol. The molecule has 1 heterocycles. The van der Waals surface area contributed by atoms with E-state index in [1.54, 1.807) is 24.3 Å². The standard InChI is InChI=1S/C25H21F2N3O4/c1-28-23(32)22(15-10-11-18(26)19(27)13-15)29-20(31)9-4-12-30-24(33)16-7-2-5-14-6-3-8-17(21(14)16)25(30)34/h2-3,5-8,10-11,13,22H,4,9,12H2,1H3,(H,28,32)(H,29,31). The summed E-state index contributed by atoms with van der Waals surface area (Å²) >= 11 is 0. The van der Waals surface area contributed by atoms with Gasteiger partial charge in [0.1, 0.15) is 6.04 Å². The lowest BCUT2D eigenvalue weighted by Gasteiger charge is -2.27. The van der Waals surface area contributed by atoms with Crippen LogP contribution in [0.15, 0.2) is 54.6 Å². The Morgan fingerprint density at radius 2 is 1.59 bits per heavy atom. The van der Waals surface area contributed by atoms with E-state index in [4.69, 9.17) is 0 Å². The van der Waals surface area contributed by atoms with Crippen molar-refractivity contribution in [2.24, 2.45) is 0 Å². The molecule has 0 bridgehead atoms. The van der Waals surface area contributed by atoms with E-state index in [9.17, 15) is 28.0 Å². The van der Waals surface area contributed by atoms with Crippen molar-refractivity contribution in [2.45, 2.75) is 18.9 Å². The molecule has 1 aliphatic rings. The summed E-state index contributed by atoms with van der Waals surface area (Å²) in [5.41, 5.74) is 0.933. The summed E-state index contributed by atoms with van der Waals surface area (Å²) in [6.45, 7) is 0.00558. The molecule has 4 amide bonds. The number of halogens is 2. The smallest absolute Gasteiger partial charge is 0.261 e. The molecular formula is C25H21F2N3O4. The number of amides is 4. The molecule has 34 heavy (non-hydrogen) atoms. The Morgan fingerprint density at radius 3 is 2.18 bits per heavy atom. The summed E-state index contributed by atoms with van der Waals surface area (Å²) < 4.78 is 26.9. The number of imide groups is 1. The van der Waals surface area contributed by atoms with E-state index in [2.05, 4.69) is 10.6 Å². The van der Waals surface area contributed by atoms with Crippen molar-refractivity contribution in [1.82, 2.24) is 15.5 Å². The number of nitrogens with one attached hydrogen (secondary N) is 2. The van der Waals surface area contributed by atoms with Gasteiger partial charge >= 0.3 is 0 Å². The lowest BCUT2D eigenvalue weighted by atomic mass is 9.94. The van der Waals surface area contributed by atoms with Gasteiger partial charge in [-0.3, -0.25) is 24.1 Å². The van der Waals surface area contributed by atoms with E-state index < -0.39 is 41.3 Å². The predicted molar refractivity (Wildman–Crippen MR) is 120 cm³/mol. The van der Waals surface area contributed by atoms with E-state index in [1.807, 2.05) is 12.1 Å². The average molecular weight is 465 g/mol. The van der Waals surface area contributed by atoms with Crippen LogP contribution in [0.25, 0.3) is 10.8 Å². The van der Waals surface area contributed by atoms with Crippen molar-refractivity contribution < 1.29 is 28.0 Å². The zero-order valence-corrected chi connectivity index (χ0v) is 18.2. The second-order valence-electron chi connectivity index (χ2n) is 7.86. The molecule has 0 spiro atoms. The third-order valence-corrected chi connectivity index (χ3v) is 5.73. The summed E-state index contributed by atoms with van der Waals surface area (Å²) in [6, 6.07) is 12.2. The fourth-order valence-corrected chi connectivity index (χ4v) is 4.05. The quantitative estimate of drug-likeness (QED) is 0.525. The van der Waals surface area contributed by atoms with Gasteiger partial charge in [-0.15, -0.1) is 0 Å². The van der Waals surface area contributed by atoms with Gasteiger partial charge in [0.2, 0.25) is 11.8 Å². The molecule has 1 atom stereocenters. The van der Waals surface area contributed by atoms with Crippen molar-refractivity contribution in [3.8, 4) is 0 Å². The molecule has 3 aromatic rings. The zero-order chi connectivity index (χ0) is 24.4. The Bertz CT molecular complexity index is 1270. The van der Waals surface area contributed by atoms with Gasteiger partial charge in [-0.05, 0) is 41.6 Å². The first kappa shape index (κ1) is 23.0. The minimum absolute atomic E-state index is 0.00558. The molecule has 1 aliphatic heterocycles. The fraction of sp³-hybridized carbons (Fsp3) is 0.200. The van der Waals surface area contributed by atoms with Crippen molar-refractivity contribution in [3.63, 3.8) is 0 Å². The number of carbonyl (C=O) groups excluding carboxylic acids is 4. The summed E-state index contributed by atoms with van der Waals surface area (Å²) in [7, 11) is 1.35. The van der Waals surface area contributed by atoms with Crippen LogP contribution in [0, 0.1) is 11.6 Å². The maximum absolute atomic E-state index is 13.6. The maximum Gasteiger partial charge on any atom is 0.261 e. The topological polar surface area (TPSA) is 95.6 Å². The molecule has 0 radical (unpaired) electrons. The molecule has 0 saturated carbocycles. The Kier molecular flexibility index (Phi) is 6.36. The van der Waals surface area contributed by atoms with Gasteiger partial charge in [0.05, 0.1) is 0 Å². The molecule has 7 nitrogen and oxygen atoms in total.